The molecule has 0 spiro atoms. The minimum Gasteiger partial charge on any atom is -0.409 e. The fourth-order valence-electron chi connectivity index (χ4n) is 0.814. The SMILES string of the molecule is CCO[SiH2]N([SiH2]C)C(C)C. The molecule has 0 heterocycles. The highest BCUT2D eigenvalue weighted by Crippen LogP contribution is 1.92. The van der Waals surface area contributed by atoms with Gasteiger partial charge in [0, 0.05) is 6.61 Å². The van der Waals surface area contributed by atoms with Crippen molar-refractivity contribution in [1.82, 2.24) is 4.23 Å². The van der Waals surface area contributed by atoms with Crippen LogP contribution in [0.15, 0.2) is 0 Å². The first-order valence-corrected chi connectivity index (χ1v) is 7.29. The largest absolute Gasteiger partial charge is 0.409 e. The van der Waals surface area contributed by atoms with E-state index >= 15 is 0 Å². The van der Waals surface area contributed by atoms with Crippen LogP contribution in [0, 0.1) is 0 Å². The monoisotopic (exact) mass is 177 g/mol. The van der Waals surface area contributed by atoms with E-state index in [-0.39, 0.29) is 19.6 Å². The van der Waals surface area contributed by atoms with Gasteiger partial charge in [0.25, 0.3) is 0 Å². The maximum atomic E-state index is 5.45. The Morgan fingerprint density at radius 3 is 2.40 bits per heavy atom. The van der Waals surface area contributed by atoms with Gasteiger partial charge in [0.15, 0.2) is 0 Å². The van der Waals surface area contributed by atoms with Crippen LogP contribution in [0.1, 0.15) is 20.8 Å². The Kier molecular flexibility index (Phi) is 6.30. The second-order valence-electron chi connectivity index (χ2n) is 2.62. The van der Waals surface area contributed by atoms with Crippen LogP contribution >= 0.6 is 0 Å². The van der Waals surface area contributed by atoms with Gasteiger partial charge in [-0.3, -0.25) is 0 Å². The van der Waals surface area contributed by atoms with Crippen molar-refractivity contribution in [3.63, 3.8) is 0 Å². The summed E-state index contributed by atoms with van der Waals surface area (Å²) in [7, 11) is -0.297. The van der Waals surface area contributed by atoms with E-state index in [0.29, 0.717) is 0 Å². The Bertz CT molecular complexity index is 80.1. The van der Waals surface area contributed by atoms with Crippen LogP contribution in [-0.4, -0.2) is 36.5 Å². The normalized spacial score (nSPS) is 13.8. The van der Waals surface area contributed by atoms with E-state index in [2.05, 4.69) is 31.5 Å². The molecular weight excluding hydrogens is 158 g/mol. The lowest BCUT2D eigenvalue weighted by atomic mass is 10.4. The van der Waals surface area contributed by atoms with Crippen molar-refractivity contribution in [3.8, 4) is 0 Å². The third-order valence-electron chi connectivity index (χ3n) is 1.60. The van der Waals surface area contributed by atoms with Gasteiger partial charge in [-0.15, -0.1) is 0 Å². The lowest BCUT2D eigenvalue weighted by Crippen LogP contribution is -2.37. The maximum absolute atomic E-state index is 5.45. The summed E-state index contributed by atoms with van der Waals surface area (Å²) >= 11 is 0. The molecule has 0 aliphatic carbocycles. The molecule has 0 aliphatic rings. The van der Waals surface area contributed by atoms with Crippen molar-refractivity contribution in [3.05, 3.63) is 0 Å². The molecule has 0 rings (SSSR count). The molecule has 0 N–H and O–H groups in total. The molecule has 0 radical (unpaired) electrons. The summed E-state index contributed by atoms with van der Waals surface area (Å²) in [6.07, 6.45) is 0. The molecule has 0 aromatic heterocycles. The van der Waals surface area contributed by atoms with Gasteiger partial charge in [0.1, 0.15) is 0 Å². The van der Waals surface area contributed by atoms with Crippen LogP contribution in [0.2, 0.25) is 6.55 Å². The second-order valence-corrected chi connectivity index (χ2v) is 6.44. The Morgan fingerprint density at radius 2 is 2.10 bits per heavy atom. The van der Waals surface area contributed by atoms with Gasteiger partial charge >= 0.3 is 0 Å². The fraction of sp³-hybridized carbons (Fsp3) is 1.00. The standard InChI is InChI=1S/C6H19NOSi2/c1-5-8-10-7(9-4)6(2)3/h6H,5,9-10H2,1-4H3. The molecule has 0 aliphatic heterocycles. The zero-order valence-electron chi connectivity index (χ0n) is 7.55. The van der Waals surface area contributed by atoms with Gasteiger partial charge in [-0.2, -0.15) is 0 Å². The van der Waals surface area contributed by atoms with E-state index < -0.39 is 0 Å². The van der Waals surface area contributed by atoms with Gasteiger partial charge in [0.05, 0.1) is 9.68 Å². The zero-order valence-corrected chi connectivity index (χ0v) is 10.4. The zero-order chi connectivity index (χ0) is 7.98. The summed E-state index contributed by atoms with van der Waals surface area (Å²) in [5.74, 6) is 0. The molecule has 0 fully saturated rings. The Hall–Kier alpha value is 0.354. The van der Waals surface area contributed by atoms with Crippen LogP contribution in [0.4, 0.5) is 0 Å². The highest BCUT2D eigenvalue weighted by Gasteiger charge is 2.05. The van der Waals surface area contributed by atoms with E-state index in [0.717, 1.165) is 12.6 Å². The predicted octanol–water partition coefficient (Wildman–Crippen LogP) is -0.136. The average Bonchev–Trinajstić information content (AvgIpc) is 1.89. The van der Waals surface area contributed by atoms with E-state index in [9.17, 15) is 0 Å². The fourth-order valence-corrected chi connectivity index (χ4v) is 3.38. The highest BCUT2D eigenvalue weighted by molar-refractivity contribution is 6.45. The van der Waals surface area contributed by atoms with E-state index in [1.165, 1.54) is 0 Å². The van der Waals surface area contributed by atoms with Gasteiger partial charge in [-0.1, -0.05) is 20.4 Å². The Morgan fingerprint density at radius 1 is 1.50 bits per heavy atom. The molecule has 0 saturated carbocycles. The predicted molar refractivity (Wildman–Crippen MR) is 51.6 cm³/mol. The number of hydrogen-bond donors (Lipinski definition) is 0. The van der Waals surface area contributed by atoms with Crippen LogP contribution in [-0.2, 0) is 4.43 Å². The summed E-state index contributed by atoms with van der Waals surface area (Å²) in [4.78, 5) is 0. The number of hydrogen-bond acceptors (Lipinski definition) is 2. The van der Waals surface area contributed by atoms with Crippen LogP contribution < -0.4 is 0 Å². The number of rotatable bonds is 5. The Balaban J connectivity index is 3.40. The molecular formula is C6H19NOSi2. The topological polar surface area (TPSA) is 12.5 Å². The summed E-state index contributed by atoms with van der Waals surface area (Å²) in [5.41, 5.74) is 0. The lowest BCUT2D eigenvalue weighted by Gasteiger charge is -2.23. The highest BCUT2D eigenvalue weighted by atomic mass is 28.3. The van der Waals surface area contributed by atoms with E-state index in [1.54, 1.807) is 0 Å². The van der Waals surface area contributed by atoms with Crippen molar-refractivity contribution in [2.24, 2.45) is 0 Å². The van der Waals surface area contributed by atoms with Gasteiger partial charge in [-0.05, 0) is 13.0 Å². The molecule has 0 atom stereocenters. The van der Waals surface area contributed by atoms with Crippen molar-refractivity contribution < 1.29 is 4.43 Å². The summed E-state index contributed by atoms with van der Waals surface area (Å²) in [5, 5.41) is 0. The van der Waals surface area contributed by atoms with E-state index in [4.69, 9.17) is 4.43 Å². The third-order valence-corrected chi connectivity index (χ3v) is 6.68. The molecule has 0 saturated heterocycles. The van der Waals surface area contributed by atoms with Crippen molar-refractivity contribution in [1.29, 1.82) is 0 Å². The molecule has 62 valence electrons. The van der Waals surface area contributed by atoms with Crippen molar-refractivity contribution in [2.75, 3.05) is 6.61 Å². The average molecular weight is 177 g/mol. The Labute approximate surface area is 68.9 Å². The molecule has 2 nitrogen and oxygen atoms in total. The van der Waals surface area contributed by atoms with E-state index in [1.807, 2.05) is 0 Å². The minimum atomic E-state index is -0.327. The second kappa shape index (κ2) is 6.09. The molecule has 4 heteroatoms. The molecule has 0 aromatic rings. The third kappa shape index (κ3) is 4.21. The van der Waals surface area contributed by atoms with Gasteiger partial charge in [-0.25, -0.2) is 0 Å². The molecule has 0 amide bonds. The maximum Gasteiger partial charge on any atom is 0.231 e. The van der Waals surface area contributed by atoms with Crippen LogP contribution in [0.25, 0.3) is 0 Å². The first kappa shape index (κ1) is 10.4. The van der Waals surface area contributed by atoms with Crippen LogP contribution in [0.5, 0.6) is 0 Å². The smallest absolute Gasteiger partial charge is 0.231 e. The summed E-state index contributed by atoms with van der Waals surface area (Å²) in [6.45, 7) is 9.80. The molecule has 0 unspecified atom stereocenters. The first-order valence-electron chi connectivity index (χ1n) is 4.04. The minimum absolute atomic E-state index is 0.0302. The van der Waals surface area contributed by atoms with Crippen LogP contribution in [0.3, 0.4) is 0 Å². The van der Waals surface area contributed by atoms with Crippen molar-refractivity contribution >= 4 is 19.6 Å². The molecule has 0 bridgehead atoms. The summed E-state index contributed by atoms with van der Waals surface area (Å²) < 4.78 is 8.01. The van der Waals surface area contributed by atoms with Gasteiger partial charge < -0.3 is 8.66 Å². The first-order chi connectivity index (χ1) is 4.72. The quantitative estimate of drug-likeness (QED) is 0.542. The summed E-state index contributed by atoms with van der Waals surface area (Å²) in [6, 6.07) is 0.717. The van der Waals surface area contributed by atoms with Gasteiger partial charge in [0.2, 0.25) is 9.92 Å². The lowest BCUT2D eigenvalue weighted by molar-refractivity contribution is 0.322. The number of nitrogens with zero attached hydrogens (tertiary/aromatic N) is 1. The molecule has 0 aromatic carbocycles. The molecule has 10 heavy (non-hydrogen) atoms. The van der Waals surface area contributed by atoms with Crippen molar-refractivity contribution in [2.45, 2.75) is 33.4 Å².